The number of piperidine rings is 1. The zero-order chi connectivity index (χ0) is 18.5. The van der Waals surface area contributed by atoms with Gasteiger partial charge >= 0.3 is 0 Å². The lowest BCUT2D eigenvalue weighted by Gasteiger charge is -2.26. The van der Waals surface area contributed by atoms with Gasteiger partial charge in [0.05, 0.1) is 6.54 Å². The van der Waals surface area contributed by atoms with Gasteiger partial charge in [-0.25, -0.2) is 0 Å². The first kappa shape index (κ1) is 18.1. The average molecular weight is 356 g/mol. The molecular formula is C19H24N4O3. The highest BCUT2D eigenvalue weighted by molar-refractivity contribution is 5.71. The van der Waals surface area contributed by atoms with Crippen LogP contribution < -0.4 is 21.9 Å². The average Bonchev–Trinajstić information content (AvgIpc) is 2.67. The molecule has 2 heterocycles. The molecule has 0 radical (unpaired) electrons. The fraction of sp³-hybridized carbons (Fsp3) is 0.421. The van der Waals surface area contributed by atoms with Gasteiger partial charge in [0.15, 0.2) is 0 Å². The fourth-order valence-corrected chi connectivity index (χ4v) is 3.17. The number of anilines is 2. The van der Waals surface area contributed by atoms with Crippen molar-refractivity contribution in [3.8, 4) is 0 Å². The number of hydrogen-bond donors (Lipinski definition) is 3. The predicted octanol–water partition coefficient (Wildman–Crippen LogP) is 1.34. The Hall–Kier alpha value is -2.67. The molecule has 0 atom stereocenters. The summed E-state index contributed by atoms with van der Waals surface area (Å²) in [7, 11) is 0. The van der Waals surface area contributed by atoms with Crippen molar-refractivity contribution < 1.29 is 5.11 Å². The zero-order valence-corrected chi connectivity index (χ0v) is 14.7. The van der Waals surface area contributed by atoms with E-state index in [0.717, 1.165) is 25.3 Å². The zero-order valence-electron chi connectivity index (χ0n) is 14.7. The number of pyridine rings is 1. The number of nitrogens with two attached hydrogens (primary N) is 1. The van der Waals surface area contributed by atoms with E-state index < -0.39 is 10.9 Å². The standard InChI is InChI=1S/C19H24N4O3/c20-16-17(19(26)18(16)25)22-11-15(24)5-4-14-10-13(6-7-21-14)12-23-8-2-1-3-9-23/h5-7,10,22,24H,1-4,8-9,11-12,20H2/b15-5-. The molecule has 1 aliphatic heterocycles. The van der Waals surface area contributed by atoms with Gasteiger partial charge in [0.2, 0.25) is 0 Å². The van der Waals surface area contributed by atoms with Crippen molar-refractivity contribution >= 4 is 11.4 Å². The second-order valence-corrected chi connectivity index (χ2v) is 6.69. The van der Waals surface area contributed by atoms with Crippen molar-refractivity contribution in [2.24, 2.45) is 0 Å². The van der Waals surface area contributed by atoms with E-state index in [2.05, 4.69) is 21.3 Å². The SMILES string of the molecule is Nc1c(NC/C(O)=C/Cc2cc(CN3CCCCC3)ccn2)c(=O)c1=O. The number of hydrogen-bond acceptors (Lipinski definition) is 7. The fourth-order valence-electron chi connectivity index (χ4n) is 3.17. The smallest absolute Gasteiger partial charge is 0.253 e. The largest absolute Gasteiger partial charge is 0.511 e. The quantitative estimate of drug-likeness (QED) is 0.507. The number of nitrogens with zero attached hydrogens (tertiary/aromatic N) is 2. The molecule has 1 aromatic carbocycles. The highest BCUT2D eigenvalue weighted by Crippen LogP contribution is 2.14. The van der Waals surface area contributed by atoms with Gasteiger partial charge in [-0.3, -0.25) is 19.5 Å². The van der Waals surface area contributed by atoms with Gasteiger partial charge in [-0.05, 0) is 49.7 Å². The summed E-state index contributed by atoms with van der Waals surface area (Å²) in [5, 5.41) is 12.6. The van der Waals surface area contributed by atoms with E-state index in [9.17, 15) is 14.7 Å². The molecule has 26 heavy (non-hydrogen) atoms. The molecule has 0 amide bonds. The van der Waals surface area contributed by atoms with Crippen LogP contribution in [0, 0.1) is 0 Å². The van der Waals surface area contributed by atoms with Crippen LogP contribution in [0.5, 0.6) is 0 Å². The predicted molar refractivity (Wildman–Crippen MR) is 102 cm³/mol. The van der Waals surface area contributed by atoms with Gasteiger partial charge in [-0.2, -0.15) is 0 Å². The second-order valence-electron chi connectivity index (χ2n) is 6.69. The Labute approximate surface area is 151 Å². The molecule has 0 unspecified atom stereocenters. The Morgan fingerprint density at radius 1 is 1.27 bits per heavy atom. The number of nitrogens with one attached hydrogen (secondary N) is 1. The van der Waals surface area contributed by atoms with Crippen molar-refractivity contribution in [3.63, 3.8) is 0 Å². The van der Waals surface area contributed by atoms with Crippen molar-refractivity contribution in [3.05, 3.63) is 61.9 Å². The number of aliphatic hydroxyl groups excluding tert-OH is 1. The molecule has 0 spiro atoms. The molecule has 1 saturated heterocycles. The molecule has 1 fully saturated rings. The number of aromatic nitrogens is 1. The van der Waals surface area contributed by atoms with E-state index in [1.54, 1.807) is 12.3 Å². The Morgan fingerprint density at radius 3 is 2.77 bits per heavy atom. The van der Waals surface area contributed by atoms with Gasteiger partial charge in [0, 0.05) is 24.9 Å². The number of aliphatic hydroxyl groups is 1. The van der Waals surface area contributed by atoms with E-state index in [1.807, 2.05) is 6.07 Å². The van der Waals surface area contributed by atoms with E-state index in [0.29, 0.717) is 6.42 Å². The molecule has 1 aliphatic rings. The Balaban J connectivity index is 1.53. The summed E-state index contributed by atoms with van der Waals surface area (Å²) < 4.78 is 0. The van der Waals surface area contributed by atoms with Gasteiger partial charge in [-0.1, -0.05) is 6.42 Å². The molecule has 1 aromatic heterocycles. The van der Waals surface area contributed by atoms with Crippen LogP contribution in [-0.4, -0.2) is 34.6 Å². The number of likely N-dealkylation sites (tertiary alicyclic amines) is 1. The lowest BCUT2D eigenvalue weighted by Crippen LogP contribution is -2.37. The minimum atomic E-state index is -0.675. The lowest BCUT2D eigenvalue weighted by atomic mass is 10.1. The van der Waals surface area contributed by atoms with Crippen LogP contribution in [0.25, 0.3) is 0 Å². The second kappa shape index (κ2) is 8.14. The molecule has 7 nitrogen and oxygen atoms in total. The Morgan fingerprint density at radius 2 is 2.04 bits per heavy atom. The molecule has 0 aliphatic carbocycles. The molecular weight excluding hydrogens is 332 g/mol. The summed E-state index contributed by atoms with van der Waals surface area (Å²) in [5.41, 5.74) is 6.22. The van der Waals surface area contributed by atoms with Crippen LogP contribution in [0.3, 0.4) is 0 Å². The monoisotopic (exact) mass is 356 g/mol. The van der Waals surface area contributed by atoms with E-state index in [-0.39, 0.29) is 23.7 Å². The summed E-state index contributed by atoms with van der Waals surface area (Å²) in [4.78, 5) is 29.1. The van der Waals surface area contributed by atoms with Gasteiger partial charge < -0.3 is 16.2 Å². The third kappa shape index (κ3) is 4.29. The highest BCUT2D eigenvalue weighted by Gasteiger charge is 2.17. The maximum Gasteiger partial charge on any atom is 0.253 e. The van der Waals surface area contributed by atoms with Crippen molar-refractivity contribution in [1.29, 1.82) is 0 Å². The third-order valence-electron chi connectivity index (χ3n) is 4.68. The van der Waals surface area contributed by atoms with Gasteiger partial charge in [0.25, 0.3) is 10.9 Å². The molecule has 7 heteroatoms. The van der Waals surface area contributed by atoms with Crippen LogP contribution in [0.4, 0.5) is 11.4 Å². The summed E-state index contributed by atoms with van der Waals surface area (Å²) in [6, 6.07) is 4.08. The van der Waals surface area contributed by atoms with Crippen molar-refractivity contribution in [1.82, 2.24) is 9.88 Å². The summed E-state index contributed by atoms with van der Waals surface area (Å²) in [5.74, 6) is 0.0701. The molecule has 2 aromatic rings. The summed E-state index contributed by atoms with van der Waals surface area (Å²) in [6.45, 7) is 3.26. The van der Waals surface area contributed by atoms with Crippen LogP contribution in [0.2, 0.25) is 0 Å². The van der Waals surface area contributed by atoms with E-state index >= 15 is 0 Å². The Kier molecular flexibility index (Phi) is 5.68. The third-order valence-corrected chi connectivity index (χ3v) is 4.68. The highest BCUT2D eigenvalue weighted by atomic mass is 16.3. The lowest BCUT2D eigenvalue weighted by molar-refractivity contribution is 0.221. The van der Waals surface area contributed by atoms with E-state index in [4.69, 9.17) is 5.73 Å². The van der Waals surface area contributed by atoms with Crippen LogP contribution >= 0.6 is 0 Å². The first-order valence-corrected chi connectivity index (χ1v) is 8.91. The van der Waals surface area contributed by atoms with Gasteiger partial charge in [-0.15, -0.1) is 0 Å². The van der Waals surface area contributed by atoms with Crippen LogP contribution in [-0.2, 0) is 13.0 Å². The molecule has 3 rings (SSSR count). The maximum atomic E-state index is 11.3. The topological polar surface area (TPSA) is 109 Å². The van der Waals surface area contributed by atoms with Crippen molar-refractivity contribution in [2.45, 2.75) is 32.2 Å². The van der Waals surface area contributed by atoms with Crippen LogP contribution in [0.15, 0.2) is 39.8 Å². The minimum Gasteiger partial charge on any atom is -0.511 e. The van der Waals surface area contributed by atoms with Crippen molar-refractivity contribution in [2.75, 3.05) is 30.7 Å². The normalized spacial score (nSPS) is 16.1. The Bertz CT molecular complexity index is 862. The molecule has 138 valence electrons. The minimum absolute atomic E-state index is 0.0442. The van der Waals surface area contributed by atoms with E-state index in [1.165, 1.54) is 24.8 Å². The molecule has 0 bridgehead atoms. The molecule has 4 N–H and O–H groups in total. The summed E-state index contributed by atoms with van der Waals surface area (Å²) in [6.07, 6.45) is 7.76. The summed E-state index contributed by atoms with van der Waals surface area (Å²) >= 11 is 0. The number of rotatable bonds is 7. The first-order valence-electron chi connectivity index (χ1n) is 8.91. The number of allylic oxidation sites excluding steroid dienone is 1. The van der Waals surface area contributed by atoms with Crippen LogP contribution in [0.1, 0.15) is 30.5 Å². The number of nitrogen functional groups attached to an aromatic ring is 1. The first-order chi connectivity index (χ1) is 12.5. The maximum absolute atomic E-state index is 11.3. The molecule has 0 saturated carbocycles. The van der Waals surface area contributed by atoms with Gasteiger partial charge in [0.1, 0.15) is 17.1 Å².